The van der Waals surface area contributed by atoms with Gasteiger partial charge in [-0.05, 0) is 24.8 Å². The Morgan fingerprint density at radius 2 is 1.75 bits per heavy atom. The van der Waals surface area contributed by atoms with Crippen molar-refractivity contribution in [1.82, 2.24) is 9.97 Å². The quantitative estimate of drug-likeness (QED) is 0.682. The van der Waals surface area contributed by atoms with Crippen LogP contribution < -0.4 is 0 Å². The number of halogens is 3. The summed E-state index contributed by atoms with van der Waals surface area (Å²) in [4.78, 5) is 7.27. The molecule has 0 atom stereocenters. The Morgan fingerprint density at radius 3 is 2.46 bits per heavy atom. The van der Waals surface area contributed by atoms with Crippen LogP contribution in [0.1, 0.15) is 56.2 Å². The number of aromatic amines is 1. The van der Waals surface area contributed by atoms with Crippen molar-refractivity contribution < 1.29 is 13.2 Å². The Labute approximate surface area is 140 Å². The second-order valence-corrected chi connectivity index (χ2v) is 6.70. The Balaban J connectivity index is 1.70. The molecule has 1 saturated carbocycles. The molecule has 5 heteroatoms. The van der Waals surface area contributed by atoms with Crippen molar-refractivity contribution in [3.05, 3.63) is 41.7 Å². The third-order valence-corrected chi connectivity index (χ3v) is 4.91. The average molecular weight is 336 g/mol. The summed E-state index contributed by atoms with van der Waals surface area (Å²) in [6.45, 7) is 0. The van der Waals surface area contributed by atoms with E-state index in [1.54, 1.807) is 12.3 Å². The standard InChI is InChI=1S/C19H23F3N2/c20-19(21,22)17-10-6-5-9-16(17)18-23-13-15(24-18)12-11-14-7-3-1-2-4-8-14/h5-6,9-10,13-14H,1-4,7-8,11-12H2,(H,23,24). The van der Waals surface area contributed by atoms with Gasteiger partial charge in [0.05, 0.1) is 5.56 Å². The van der Waals surface area contributed by atoms with Gasteiger partial charge >= 0.3 is 6.18 Å². The molecule has 0 aliphatic heterocycles. The Morgan fingerprint density at radius 1 is 1.04 bits per heavy atom. The van der Waals surface area contributed by atoms with E-state index in [-0.39, 0.29) is 5.56 Å². The summed E-state index contributed by atoms with van der Waals surface area (Å²) in [7, 11) is 0. The van der Waals surface area contributed by atoms with Crippen molar-refractivity contribution in [1.29, 1.82) is 0 Å². The predicted molar refractivity (Wildman–Crippen MR) is 88.5 cm³/mol. The van der Waals surface area contributed by atoms with Gasteiger partial charge in [0.25, 0.3) is 0 Å². The van der Waals surface area contributed by atoms with Crippen molar-refractivity contribution in [3.8, 4) is 11.4 Å². The minimum Gasteiger partial charge on any atom is -0.342 e. The lowest BCUT2D eigenvalue weighted by atomic mass is 9.94. The number of imidazole rings is 1. The van der Waals surface area contributed by atoms with Crippen LogP contribution in [-0.4, -0.2) is 9.97 Å². The Kier molecular flexibility index (Phi) is 5.27. The second kappa shape index (κ2) is 7.41. The molecule has 1 N–H and O–H groups in total. The number of benzene rings is 1. The van der Waals surface area contributed by atoms with E-state index in [4.69, 9.17) is 0 Å². The lowest BCUT2D eigenvalue weighted by Crippen LogP contribution is -2.07. The number of H-pyrrole nitrogens is 1. The summed E-state index contributed by atoms with van der Waals surface area (Å²) in [5.41, 5.74) is 0.395. The fraction of sp³-hybridized carbons (Fsp3) is 0.526. The maximum Gasteiger partial charge on any atom is 0.417 e. The van der Waals surface area contributed by atoms with Gasteiger partial charge in [0.2, 0.25) is 0 Å². The highest BCUT2D eigenvalue weighted by molar-refractivity contribution is 5.61. The first-order valence-corrected chi connectivity index (χ1v) is 8.74. The molecule has 0 bridgehead atoms. The third kappa shape index (κ3) is 4.19. The lowest BCUT2D eigenvalue weighted by molar-refractivity contribution is -0.137. The predicted octanol–water partition coefficient (Wildman–Crippen LogP) is 6.00. The van der Waals surface area contributed by atoms with Crippen molar-refractivity contribution in [2.45, 2.75) is 57.5 Å². The summed E-state index contributed by atoms with van der Waals surface area (Å²) < 4.78 is 39.4. The first-order chi connectivity index (χ1) is 11.5. The fourth-order valence-electron chi connectivity index (χ4n) is 3.57. The zero-order valence-electron chi connectivity index (χ0n) is 13.7. The first kappa shape index (κ1) is 17.1. The van der Waals surface area contributed by atoms with Gasteiger partial charge < -0.3 is 4.98 Å². The molecule has 0 radical (unpaired) electrons. The van der Waals surface area contributed by atoms with Crippen LogP contribution in [0.3, 0.4) is 0 Å². The van der Waals surface area contributed by atoms with Gasteiger partial charge in [-0.3, -0.25) is 0 Å². The molecule has 1 aliphatic rings. The Bertz CT molecular complexity index is 653. The molecule has 1 aromatic carbocycles. The van der Waals surface area contributed by atoms with Gasteiger partial charge in [-0.15, -0.1) is 0 Å². The molecule has 1 aliphatic carbocycles. The van der Waals surface area contributed by atoms with Crippen LogP contribution in [-0.2, 0) is 12.6 Å². The number of aromatic nitrogens is 2. The summed E-state index contributed by atoms with van der Waals surface area (Å²) in [6, 6.07) is 5.58. The highest BCUT2D eigenvalue weighted by atomic mass is 19.4. The third-order valence-electron chi connectivity index (χ3n) is 4.91. The maximum atomic E-state index is 13.1. The second-order valence-electron chi connectivity index (χ2n) is 6.70. The molecule has 1 heterocycles. The van der Waals surface area contributed by atoms with Crippen LogP contribution in [0.15, 0.2) is 30.5 Å². The molecule has 1 fully saturated rings. The summed E-state index contributed by atoms with van der Waals surface area (Å²) in [5.74, 6) is 1.04. The van der Waals surface area contributed by atoms with Gasteiger partial charge in [0.1, 0.15) is 5.82 Å². The lowest BCUT2D eigenvalue weighted by Gasteiger charge is -2.12. The first-order valence-electron chi connectivity index (χ1n) is 8.74. The molecule has 24 heavy (non-hydrogen) atoms. The molecule has 0 spiro atoms. The van der Waals surface area contributed by atoms with Crippen molar-refractivity contribution in [2.75, 3.05) is 0 Å². The fourth-order valence-corrected chi connectivity index (χ4v) is 3.57. The number of rotatable bonds is 4. The van der Waals surface area contributed by atoms with E-state index >= 15 is 0 Å². The zero-order chi connectivity index (χ0) is 17.0. The summed E-state index contributed by atoms with van der Waals surface area (Å²) >= 11 is 0. The summed E-state index contributed by atoms with van der Waals surface area (Å²) in [5, 5.41) is 0. The van der Waals surface area contributed by atoms with E-state index in [1.807, 2.05) is 0 Å². The number of hydrogen-bond acceptors (Lipinski definition) is 1. The van der Waals surface area contributed by atoms with E-state index in [9.17, 15) is 13.2 Å². The van der Waals surface area contributed by atoms with Crippen LogP contribution in [0.4, 0.5) is 13.2 Å². The molecule has 0 amide bonds. The molecule has 2 nitrogen and oxygen atoms in total. The van der Waals surface area contributed by atoms with E-state index in [2.05, 4.69) is 9.97 Å². The van der Waals surface area contributed by atoms with Gasteiger partial charge in [0.15, 0.2) is 0 Å². The van der Waals surface area contributed by atoms with Crippen molar-refractivity contribution in [3.63, 3.8) is 0 Å². The molecular formula is C19H23F3N2. The van der Waals surface area contributed by atoms with E-state index in [1.165, 1.54) is 50.7 Å². The topological polar surface area (TPSA) is 28.7 Å². The highest BCUT2D eigenvalue weighted by Crippen LogP contribution is 2.36. The molecular weight excluding hydrogens is 313 g/mol. The molecule has 2 aromatic rings. The van der Waals surface area contributed by atoms with Crippen LogP contribution >= 0.6 is 0 Å². The van der Waals surface area contributed by atoms with Gasteiger partial charge in [0, 0.05) is 17.5 Å². The van der Waals surface area contributed by atoms with Gasteiger partial charge in [-0.1, -0.05) is 56.7 Å². The van der Waals surface area contributed by atoms with E-state index < -0.39 is 11.7 Å². The number of nitrogens with one attached hydrogen (secondary N) is 1. The van der Waals surface area contributed by atoms with Crippen molar-refractivity contribution >= 4 is 0 Å². The smallest absolute Gasteiger partial charge is 0.342 e. The van der Waals surface area contributed by atoms with Crippen LogP contribution in [0.2, 0.25) is 0 Å². The monoisotopic (exact) mass is 336 g/mol. The number of hydrogen-bond donors (Lipinski definition) is 1. The van der Waals surface area contributed by atoms with Crippen LogP contribution in [0, 0.1) is 5.92 Å². The number of alkyl halides is 3. The molecule has 130 valence electrons. The molecule has 1 aromatic heterocycles. The van der Waals surface area contributed by atoms with Crippen molar-refractivity contribution in [2.24, 2.45) is 5.92 Å². The summed E-state index contributed by atoms with van der Waals surface area (Å²) in [6.07, 6.45) is 7.07. The minimum atomic E-state index is -4.37. The number of aryl methyl sites for hydroxylation is 1. The van der Waals surface area contributed by atoms with Crippen LogP contribution in [0.5, 0.6) is 0 Å². The highest BCUT2D eigenvalue weighted by Gasteiger charge is 2.33. The molecule has 0 unspecified atom stereocenters. The normalized spacial score (nSPS) is 17.0. The minimum absolute atomic E-state index is 0.116. The van der Waals surface area contributed by atoms with Crippen LogP contribution in [0.25, 0.3) is 11.4 Å². The van der Waals surface area contributed by atoms with Gasteiger partial charge in [-0.25, -0.2) is 4.98 Å². The molecule has 3 rings (SSSR count). The Hall–Kier alpha value is -1.78. The SMILES string of the molecule is FC(F)(F)c1ccccc1-c1ncc(CCC2CCCCCC2)[nH]1. The maximum absolute atomic E-state index is 13.1. The van der Waals surface area contributed by atoms with Gasteiger partial charge in [-0.2, -0.15) is 13.2 Å². The largest absolute Gasteiger partial charge is 0.417 e. The average Bonchev–Trinajstić information content (AvgIpc) is 2.87. The van der Waals surface area contributed by atoms with E-state index in [0.717, 1.165) is 30.5 Å². The molecule has 0 saturated heterocycles. The number of nitrogens with zero attached hydrogens (tertiary/aromatic N) is 1. The van der Waals surface area contributed by atoms with E-state index in [0.29, 0.717) is 5.82 Å². The zero-order valence-corrected chi connectivity index (χ0v) is 13.7.